The van der Waals surface area contributed by atoms with Crippen molar-refractivity contribution in [3.05, 3.63) is 35.5 Å². The number of aryl methyl sites for hydroxylation is 1. The first-order chi connectivity index (χ1) is 10.7. The maximum Gasteiger partial charge on any atom is 0.308 e. The number of anilines is 2. The molecule has 0 saturated heterocycles. The molecule has 0 amide bonds. The van der Waals surface area contributed by atoms with Crippen molar-refractivity contribution in [2.45, 2.75) is 31.3 Å². The molecule has 2 aromatic rings. The number of esters is 1. The fourth-order valence-electron chi connectivity index (χ4n) is 2.51. The monoisotopic (exact) mass is 315 g/mol. The van der Waals surface area contributed by atoms with Crippen LogP contribution in [-0.2, 0) is 17.6 Å². The lowest BCUT2D eigenvalue weighted by molar-refractivity contribution is -0.131. The third-order valence-electron chi connectivity index (χ3n) is 3.47. The fourth-order valence-corrected chi connectivity index (χ4v) is 2.90. The van der Waals surface area contributed by atoms with Gasteiger partial charge in [-0.1, -0.05) is 11.8 Å². The van der Waals surface area contributed by atoms with E-state index in [2.05, 4.69) is 15.3 Å². The lowest BCUT2D eigenvalue weighted by atomic mass is 10.2. The van der Waals surface area contributed by atoms with Crippen LogP contribution in [0.25, 0.3) is 0 Å². The lowest BCUT2D eigenvalue weighted by Crippen LogP contribution is -2.03. The van der Waals surface area contributed by atoms with Crippen molar-refractivity contribution >= 4 is 29.2 Å². The molecule has 0 radical (unpaired) electrons. The van der Waals surface area contributed by atoms with Gasteiger partial charge in [0.1, 0.15) is 11.6 Å². The molecule has 0 saturated carbocycles. The Morgan fingerprint density at radius 3 is 2.68 bits per heavy atom. The van der Waals surface area contributed by atoms with Gasteiger partial charge in [0.25, 0.3) is 0 Å². The van der Waals surface area contributed by atoms with Crippen LogP contribution in [0.3, 0.4) is 0 Å². The first-order valence-electron chi connectivity index (χ1n) is 7.15. The van der Waals surface area contributed by atoms with Crippen molar-refractivity contribution in [2.24, 2.45) is 0 Å². The van der Waals surface area contributed by atoms with Crippen LogP contribution in [-0.4, -0.2) is 22.2 Å². The van der Waals surface area contributed by atoms with Crippen molar-refractivity contribution in [3.8, 4) is 5.75 Å². The highest BCUT2D eigenvalue weighted by Crippen LogP contribution is 2.30. The predicted octanol–water partition coefficient (Wildman–Crippen LogP) is 3.36. The zero-order valence-electron chi connectivity index (χ0n) is 12.5. The number of carbonyl (C=O) groups excluding carboxylic acids is 1. The van der Waals surface area contributed by atoms with Crippen molar-refractivity contribution < 1.29 is 9.53 Å². The molecule has 0 aliphatic heterocycles. The first-order valence-corrected chi connectivity index (χ1v) is 8.37. The fraction of sp³-hybridized carbons (Fsp3) is 0.312. The molecular weight excluding hydrogens is 298 g/mol. The highest BCUT2D eigenvalue weighted by atomic mass is 32.2. The summed E-state index contributed by atoms with van der Waals surface area (Å²) in [5.41, 5.74) is 3.27. The van der Waals surface area contributed by atoms with Gasteiger partial charge in [-0.05, 0) is 49.8 Å². The van der Waals surface area contributed by atoms with E-state index >= 15 is 0 Å². The normalized spacial score (nSPS) is 12.8. The van der Waals surface area contributed by atoms with E-state index in [0.29, 0.717) is 5.75 Å². The van der Waals surface area contributed by atoms with Gasteiger partial charge in [-0.25, -0.2) is 9.97 Å². The maximum atomic E-state index is 10.9. The predicted molar refractivity (Wildman–Crippen MR) is 86.9 cm³/mol. The summed E-state index contributed by atoms with van der Waals surface area (Å²) in [6.45, 7) is 1.39. The largest absolute Gasteiger partial charge is 0.427 e. The summed E-state index contributed by atoms with van der Waals surface area (Å²) in [5, 5.41) is 4.15. The van der Waals surface area contributed by atoms with Crippen LogP contribution in [0.2, 0.25) is 0 Å². The van der Waals surface area contributed by atoms with Gasteiger partial charge in [0.2, 0.25) is 0 Å². The molecule has 3 rings (SSSR count). The molecule has 114 valence electrons. The molecule has 0 spiro atoms. The third-order valence-corrected chi connectivity index (χ3v) is 4.02. The number of thioether (sulfide) groups is 1. The average Bonchev–Trinajstić information content (AvgIpc) is 2.97. The summed E-state index contributed by atoms with van der Waals surface area (Å²) in [5.74, 6) is 1.10. The van der Waals surface area contributed by atoms with E-state index in [0.717, 1.165) is 41.6 Å². The highest BCUT2D eigenvalue weighted by Gasteiger charge is 2.19. The second-order valence-corrected chi connectivity index (χ2v) is 5.85. The molecule has 0 unspecified atom stereocenters. The molecule has 1 aliphatic rings. The van der Waals surface area contributed by atoms with E-state index in [4.69, 9.17) is 4.74 Å². The zero-order chi connectivity index (χ0) is 15.5. The minimum Gasteiger partial charge on any atom is -0.427 e. The highest BCUT2D eigenvalue weighted by molar-refractivity contribution is 7.98. The number of rotatable bonds is 4. The first kappa shape index (κ1) is 14.8. The molecule has 1 heterocycles. The minimum atomic E-state index is -0.320. The van der Waals surface area contributed by atoms with Gasteiger partial charge in [0, 0.05) is 18.2 Å². The van der Waals surface area contributed by atoms with Crippen molar-refractivity contribution in [2.75, 3.05) is 11.6 Å². The second-order valence-electron chi connectivity index (χ2n) is 5.08. The zero-order valence-corrected chi connectivity index (χ0v) is 13.4. The third kappa shape index (κ3) is 3.22. The molecule has 1 N–H and O–H groups in total. The molecule has 1 aromatic carbocycles. The van der Waals surface area contributed by atoms with Crippen LogP contribution in [0.5, 0.6) is 5.75 Å². The Kier molecular flexibility index (Phi) is 4.29. The topological polar surface area (TPSA) is 64.1 Å². The second kappa shape index (κ2) is 6.36. The Labute approximate surface area is 133 Å². The number of nitrogens with zero attached hydrogens (tertiary/aromatic N) is 2. The van der Waals surface area contributed by atoms with Crippen molar-refractivity contribution in [1.82, 2.24) is 9.97 Å². The van der Waals surface area contributed by atoms with Crippen LogP contribution < -0.4 is 10.1 Å². The summed E-state index contributed by atoms with van der Waals surface area (Å²) >= 11 is 1.55. The van der Waals surface area contributed by atoms with Crippen LogP contribution in [0, 0.1) is 0 Å². The summed E-state index contributed by atoms with van der Waals surface area (Å²) in [6, 6.07) is 7.28. The molecule has 0 bridgehead atoms. The maximum absolute atomic E-state index is 10.9. The van der Waals surface area contributed by atoms with Crippen molar-refractivity contribution in [1.29, 1.82) is 0 Å². The van der Waals surface area contributed by atoms with E-state index in [1.165, 1.54) is 12.5 Å². The van der Waals surface area contributed by atoms with Crippen LogP contribution >= 0.6 is 11.8 Å². The summed E-state index contributed by atoms with van der Waals surface area (Å²) < 4.78 is 5.03. The Bertz CT molecular complexity index is 701. The molecule has 0 fully saturated rings. The molecule has 0 atom stereocenters. The molecule has 1 aliphatic carbocycles. The van der Waals surface area contributed by atoms with Gasteiger partial charge < -0.3 is 10.1 Å². The number of carbonyl (C=O) groups is 1. The number of nitrogens with one attached hydrogen (secondary N) is 1. The number of fused-ring (bicyclic) bond motifs is 1. The Hall–Kier alpha value is -2.08. The van der Waals surface area contributed by atoms with Crippen LogP contribution in [0.15, 0.2) is 29.4 Å². The van der Waals surface area contributed by atoms with Crippen LogP contribution in [0.1, 0.15) is 24.6 Å². The Morgan fingerprint density at radius 1 is 1.23 bits per heavy atom. The van der Waals surface area contributed by atoms with Crippen molar-refractivity contribution in [3.63, 3.8) is 0 Å². The van der Waals surface area contributed by atoms with E-state index < -0.39 is 0 Å². The number of hydrogen-bond acceptors (Lipinski definition) is 6. The number of hydrogen-bond donors (Lipinski definition) is 1. The van der Waals surface area contributed by atoms with E-state index in [1.54, 1.807) is 23.9 Å². The minimum absolute atomic E-state index is 0.320. The van der Waals surface area contributed by atoms with Gasteiger partial charge in [0.15, 0.2) is 5.16 Å². The average molecular weight is 315 g/mol. The molecule has 5 nitrogen and oxygen atoms in total. The van der Waals surface area contributed by atoms with Gasteiger partial charge in [-0.2, -0.15) is 0 Å². The van der Waals surface area contributed by atoms with E-state index in [-0.39, 0.29) is 5.97 Å². The quantitative estimate of drug-likeness (QED) is 0.404. The smallest absolute Gasteiger partial charge is 0.308 e. The Balaban J connectivity index is 1.84. The lowest BCUT2D eigenvalue weighted by Gasteiger charge is -2.12. The number of ether oxygens (including phenoxy) is 1. The van der Waals surface area contributed by atoms with E-state index in [9.17, 15) is 4.79 Å². The summed E-state index contributed by atoms with van der Waals surface area (Å²) in [6.07, 6.45) is 5.14. The summed E-state index contributed by atoms with van der Waals surface area (Å²) in [7, 11) is 0. The molecule has 1 aromatic heterocycles. The van der Waals surface area contributed by atoms with Gasteiger partial charge in [0.05, 0.1) is 5.69 Å². The molecule has 22 heavy (non-hydrogen) atoms. The van der Waals surface area contributed by atoms with E-state index in [1.807, 2.05) is 18.4 Å². The van der Waals surface area contributed by atoms with Gasteiger partial charge in [-0.15, -0.1) is 0 Å². The molecular formula is C16H17N3O2S. The van der Waals surface area contributed by atoms with Gasteiger partial charge >= 0.3 is 5.97 Å². The number of aromatic nitrogens is 2. The van der Waals surface area contributed by atoms with Gasteiger partial charge in [-0.3, -0.25) is 4.79 Å². The Morgan fingerprint density at radius 2 is 2.00 bits per heavy atom. The summed E-state index contributed by atoms with van der Waals surface area (Å²) in [4.78, 5) is 20.1. The number of benzene rings is 1. The molecule has 6 heteroatoms. The SMILES string of the molecule is CSc1nc2c(c(Nc3ccc(OC(C)=O)cc3)n1)CCC2. The van der Waals surface area contributed by atoms with Crippen LogP contribution in [0.4, 0.5) is 11.5 Å². The standard InChI is InChI=1S/C16H17N3O2S/c1-10(20)21-12-8-6-11(7-9-12)17-15-13-4-3-5-14(13)18-16(19-15)22-2/h6-9H,3-5H2,1-2H3,(H,17,18,19).